The third-order valence-electron chi connectivity index (χ3n) is 6.01. The average Bonchev–Trinajstić information content (AvgIpc) is 3.56. The monoisotopic (exact) mass is 492 g/mol. The fourth-order valence-corrected chi connectivity index (χ4v) is 4.19. The first kappa shape index (κ1) is 23.7. The predicted octanol–water partition coefficient (Wildman–Crippen LogP) is 6.06. The van der Waals surface area contributed by atoms with Gasteiger partial charge in [-0.05, 0) is 42.7 Å². The molecule has 3 aromatic carbocycles. The number of rotatable bonds is 8. The maximum atomic E-state index is 13.7. The molecular formula is C29H24N4O4. The van der Waals surface area contributed by atoms with E-state index in [2.05, 4.69) is 10.4 Å². The van der Waals surface area contributed by atoms with Crippen molar-refractivity contribution in [3.63, 3.8) is 0 Å². The van der Waals surface area contributed by atoms with Gasteiger partial charge in [-0.2, -0.15) is 5.10 Å². The van der Waals surface area contributed by atoms with Gasteiger partial charge in [0.15, 0.2) is 5.76 Å². The molecule has 0 aliphatic heterocycles. The molecule has 1 unspecified atom stereocenters. The molecule has 2 heterocycles. The zero-order chi connectivity index (χ0) is 25.8. The van der Waals surface area contributed by atoms with Gasteiger partial charge >= 0.3 is 0 Å². The van der Waals surface area contributed by atoms with Gasteiger partial charge in [-0.25, -0.2) is 4.68 Å². The molecule has 0 spiro atoms. The molecule has 0 aliphatic rings. The van der Waals surface area contributed by atoms with E-state index in [1.165, 1.54) is 16.8 Å². The van der Waals surface area contributed by atoms with E-state index in [4.69, 9.17) is 4.42 Å². The molecule has 5 aromatic rings. The van der Waals surface area contributed by atoms with E-state index in [0.717, 1.165) is 11.1 Å². The molecule has 8 nitrogen and oxygen atoms in total. The molecular weight excluding hydrogens is 468 g/mol. The molecule has 184 valence electrons. The second-order valence-electron chi connectivity index (χ2n) is 8.64. The Morgan fingerprint density at radius 2 is 1.70 bits per heavy atom. The van der Waals surface area contributed by atoms with Gasteiger partial charge < -0.3 is 9.73 Å². The largest absolute Gasteiger partial charge is 0.460 e. The number of nitro groups is 1. The Bertz CT molecular complexity index is 1540. The van der Waals surface area contributed by atoms with Crippen LogP contribution in [0.2, 0.25) is 0 Å². The zero-order valence-electron chi connectivity index (χ0n) is 20.1. The summed E-state index contributed by atoms with van der Waals surface area (Å²) >= 11 is 0. The molecule has 0 radical (unpaired) electrons. The molecule has 37 heavy (non-hydrogen) atoms. The van der Waals surface area contributed by atoms with Crippen LogP contribution >= 0.6 is 0 Å². The molecule has 5 rings (SSSR count). The van der Waals surface area contributed by atoms with Crippen LogP contribution in [-0.2, 0) is 6.42 Å². The summed E-state index contributed by atoms with van der Waals surface area (Å²) < 4.78 is 7.15. The van der Waals surface area contributed by atoms with Crippen LogP contribution in [0.3, 0.4) is 0 Å². The second-order valence-corrected chi connectivity index (χ2v) is 8.64. The highest BCUT2D eigenvalue weighted by Crippen LogP contribution is 2.26. The van der Waals surface area contributed by atoms with Crippen molar-refractivity contribution in [2.75, 3.05) is 0 Å². The molecule has 0 bridgehead atoms. The summed E-state index contributed by atoms with van der Waals surface area (Å²) in [5.41, 5.74) is 3.02. The van der Waals surface area contributed by atoms with E-state index < -0.39 is 4.92 Å². The third-order valence-corrected chi connectivity index (χ3v) is 6.01. The van der Waals surface area contributed by atoms with Gasteiger partial charge in [-0.15, -0.1) is 0 Å². The summed E-state index contributed by atoms with van der Waals surface area (Å²) in [7, 11) is 0. The maximum Gasteiger partial charge on any atom is 0.271 e. The lowest BCUT2D eigenvalue weighted by Gasteiger charge is -2.20. The van der Waals surface area contributed by atoms with Crippen LogP contribution in [0.5, 0.6) is 0 Å². The summed E-state index contributed by atoms with van der Waals surface area (Å²) in [5, 5.41) is 19.1. The quantitative estimate of drug-likeness (QED) is 0.209. The highest BCUT2D eigenvalue weighted by atomic mass is 16.6. The van der Waals surface area contributed by atoms with Crippen LogP contribution in [0.4, 0.5) is 5.69 Å². The first-order valence-electron chi connectivity index (χ1n) is 11.8. The van der Waals surface area contributed by atoms with E-state index in [1.54, 1.807) is 24.3 Å². The van der Waals surface area contributed by atoms with Crippen molar-refractivity contribution in [3.8, 4) is 17.1 Å². The number of carbonyl (C=O) groups excluding carboxylic acids is 1. The Labute approximate surface area is 213 Å². The van der Waals surface area contributed by atoms with Gasteiger partial charge in [-0.1, -0.05) is 66.7 Å². The van der Waals surface area contributed by atoms with Crippen molar-refractivity contribution in [2.45, 2.75) is 19.4 Å². The molecule has 2 aromatic heterocycles. The fraction of sp³-hybridized carbons (Fsp3) is 0.103. The van der Waals surface area contributed by atoms with Crippen LogP contribution in [0, 0.1) is 17.0 Å². The first-order chi connectivity index (χ1) is 18.0. The van der Waals surface area contributed by atoms with Gasteiger partial charge in [0.2, 0.25) is 0 Å². The van der Waals surface area contributed by atoms with Gasteiger partial charge in [0.1, 0.15) is 17.1 Å². The van der Waals surface area contributed by atoms with Crippen LogP contribution in [0.15, 0.2) is 108 Å². The van der Waals surface area contributed by atoms with Crippen molar-refractivity contribution in [1.82, 2.24) is 15.1 Å². The number of nitro benzene ring substituents is 1. The van der Waals surface area contributed by atoms with E-state index in [1.807, 2.05) is 73.7 Å². The molecule has 1 amide bonds. The number of nitrogens with one attached hydrogen (secondary N) is 1. The molecule has 0 aliphatic carbocycles. The summed E-state index contributed by atoms with van der Waals surface area (Å²) in [4.78, 5) is 24.7. The number of hydrogen-bond donors (Lipinski definition) is 1. The Kier molecular flexibility index (Phi) is 6.63. The number of aryl methyl sites for hydroxylation is 1. The van der Waals surface area contributed by atoms with Crippen molar-refractivity contribution in [1.29, 1.82) is 0 Å². The van der Waals surface area contributed by atoms with Crippen LogP contribution in [-0.4, -0.2) is 20.6 Å². The number of carbonyl (C=O) groups is 1. The SMILES string of the molecule is Cc1ccc(-c2cc(C(=O)NC(Cc3ccccc3)c3ccccc3)n(-c3cccc([N+](=O)[O-])c3)n2)o1. The number of aromatic nitrogens is 2. The third kappa shape index (κ3) is 5.33. The zero-order valence-corrected chi connectivity index (χ0v) is 20.1. The minimum absolute atomic E-state index is 0.0963. The lowest BCUT2D eigenvalue weighted by Crippen LogP contribution is -2.31. The summed E-state index contributed by atoms with van der Waals surface area (Å²) in [6.07, 6.45) is 0.589. The number of non-ortho nitro benzene ring substituents is 1. The topological polar surface area (TPSA) is 103 Å². The van der Waals surface area contributed by atoms with Gasteiger partial charge in [0, 0.05) is 18.2 Å². The molecule has 0 fully saturated rings. The van der Waals surface area contributed by atoms with Crippen molar-refractivity contribution < 1.29 is 14.1 Å². The van der Waals surface area contributed by atoms with Crippen LogP contribution in [0.1, 0.15) is 33.4 Å². The smallest absolute Gasteiger partial charge is 0.271 e. The highest BCUT2D eigenvalue weighted by molar-refractivity contribution is 5.94. The Morgan fingerprint density at radius 1 is 0.973 bits per heavy atom. The fourth-order valence-electron chi connectivity index (χ4n) is 4.19. The summed E-state index contributed by atoms with van der Waals surface area (Å²) in [6, 6.07) is 30.6. The molecule has 8 heteroatoms. The van der Waals surface area contributed by atoms with Crippen molar-refractivity contribution in [3.05, 3.63) is 136 Å². The van der Waals surface area contributed by atoms with Crippen LogP contribution in [0.25, 0.3) is 17.1 Å². The van der Waals surface area contributed by atoms with Gasteiger partial charge in [0.05, 0.1) is 16.7 Å². The van der Waals surface area contributed by atoms with E-state index in [0.29, 0.717) is 29.3 Å². The van der Waals surface area contributed by atoms with E-state index in [-0.39, 0.29) is 23.3 Å². The van der Waals surface area contributed by atoms with Crippen molar-refractivity contribution >= 4 is 11.6 Å². The number of furan rings is 1. The Balaban J connectivity index is 1.54. The minimum Gasteiger partial charge on any atom is -0.460 e. The minimum atomic E-state index is -0.477. The second kappa shape index (κ2) is 10.3. The number of nitrogens with zero attached hydrogens (tertiary/aromatic N) is 3. The highest BCUT2D eigenvalue weighted by Gasteiger charge is 2.23. The Hall–Kier alpha value is -4.98. The maximum absolute atomic E-state index is 13.7. The Morgan fingerprint density at radius 3 is 2.38 bits per heavy atom. The summed E-state index contributed by atoms with van der Waals surface area (Å²) in [5.74, 6) is 0.843. The van der Waals surface area contributed by atoms with E-state index >= 15 is 0 Å². The number of hydrogen-bond acceptors (Lipinski definition) is 5. The average molecular weight is 493 g/mol. The molecule has 1 atom stereocenters. The number of amides is 1. The number of benzene rings is 3. The lowest BCUT2D eigenvalue weighted by molar-refractivity contribution is -0.384. The lowest BCUT2D eigenvalue weighted by atomic mass is 9.98. The van der Waals surface area contributed by atoms with E-state index in [9.17, 15) is 14.9 Å². The predicted molar refractivity (Wildman–Crippen MR) is 139 cm³/mol. The standard InChI is InChI=1S/C29H24N4O4/c1-20-15-16-28(37-20)26-19-27(32(31-26)23-13-8-14-24(18-23)33(35)36)29(34)30-25(22-11-6-3-7-12-22)17-21-9-4-2-5-10-21/h2-16,18-19,25H,17H2,1H3,(H,30,34). The first-order valence-corrected chi connectivity index (χ1v) is 11.8. The van der Waals surface area contributed by atoms with Gasteiger partial charge in [0.25, 0.3) is 11.6 Å². The van der Waals surface area contributed by atoms with Gasteiger partial charge in [-0.3, -0.25) is 14.9 Å². The molecule has 1 N–H and O–H groups in total. The van der Waals surface area contributed by atoms with Crippen molar-refractivity contribution in [2.24, 2.45) is 0 Å². The van der Waals surface area contributed by atoms with Crippen LogP contribution < -0.4 is 5.32 Å². The molecule has 0 saturated carbocycles. The summed E-state index contributed by atoms with van der Waals surface area (Å²) in [6.45, 7) is 1.82. The molecule has 0 saturated heterocycles. The normalized spacial score (nSPS) is 11.7.